The van der Waals surface area contributed by atoms with Crippen molar-refractivity contribution in [3.63, 3.8) is 0 Å². The lowest BCUT2D eigenvalue weighted by atomic mass is 10.1. The van der Waals surface area contributed by atoms with Gasteiger partial charge in [-0.1, -0.05) is 19.0 Å². The van der Waals surface area contributed by atoms with Gasteiger partial charge in [-0.3, -0.25) is 0 Å². The Balaban J connectivity index is 1.80. The topological polar surface area (TPSA) is 97.3 Å². The summed E-state index contributed by atoms with van der Waals surface area (Å²) in [6.07, 6.45) is 3.96. The largest absolute Gasteiger partial charge is 0.366 e. The number of likely N-dealkylation sites (N-methyl/N-ethyl adjacent to an activating group) is 1. The van der Waals surface area contributed by atoms with E-state index in [9.17, 15) is 5.26 Å². The first-order valence-corrected chi connectivity index (χ1v) is 10.5. The van der Waals surface area contributed by atoms with Crippen molar-refractivity contribution < 1.29 is 4.63 Å². The minimum atomic E-state index is 0.598. The van der Waals surface area contributed by atoms with E-state index in [0.717, 1.165) is 68.7 Å². The molecule has 1 aliphatic heterocycles. The molecule has 0 amide bonds. The Bertz CT molecular complexity index is 875. The van der Waals surface area contributed by atoms with Crippen LogP contribution in [-0.4, -0.2) is 78.0 Å². The molecule has 3 rings (SSSR count). The number of nitrogens with zero attached hydrogens (tertiary/aromatic N) is 7. The monoisotopic (exact) mass is 410 g/mol. The molecule has 160 valence electrons. The summed E-state index contributed by atoms with van der Waals surface area (Å²) in [4.78, 5) is 11.3. The van der Waals surface area contributed by atoms with Gasteiger partial charge < -0.3 is 20.0 Å². The lowest BCUT2D eigenvalue weighted by molar-refractivity contribution is 0.298. The second-order valence-electron chi connectivity index (χ2n) is 7.13. The zero-order valence-electron chi connectivity index (χ0n) is 18.0. The number of nitrogens with one attached hydrogen (secondary N) is 1. The van der Waals surface area contributed by atoms with Crippen LogP contribution >= 0.6 is 0 Å². The van der Waals surface area contributed by atoms with Crippen molar-refractivity contribution in [1.29, 1.82) is 5.26 Å². The molecule has 3 heterocycles. The molecule has 30 heavy (non-hydrogen) atoms. The second-order valence-corrected chi connectivity index (χ2v) is 7.13. The van der Waals surface area contributed by atoms with Crippen LogP contribution in [0.25, 0.3) is 5.70 Å². The number of pyridine rings is 1. The number of rotatable bonds is 9. The van der Waals surface area contributed by atoms with Crippen LogP contribution < -0.4 is 10.2 Å². The van der Waals surface area contributed by atoms with Crippen LogP contribution in [0.4, 0.5) is 5.82 Å². The summed E-state index contributed by atoms with van der Waals surface area (Å²) < 4.78 is 5.07. The number of nitriles is 1. The first-order valence-electron chi connectivity index (χ1n) is 10.5. The summed E-state index contributed by atoms with van der Waals surface area (Å²) in [7, 11) is 1.89. The number of hydrogen-bond acceptors (Lipinski definition) is 9. The van der Waals surface area contributed by atoms with Gasteiger partial charge in [-0.25, -0.2) is 9.61 Å². The van der Waals surface area contributed by atoms with E-state index in [1.807, 2.05) is 13.1 Å². The highest BCUT2D eigenvalue weighted by molar-refractivity contribution is 5.63. The van der Waals surface area contributed by atoms with Gasteiger partial charge in [0, 0.05) is 45.5 Å². The minimum absolute atomic E-state index is 0.598. The van der Waals surface area contributed by atoms with Crippen molar-refractivity contribution in [1.82, 2.24) is 30.4 Å². The Kier molecular flexibility index (Phi) is 7.76. The van der Waals surface area contributed by atoms with Gasteiger partial charge in [-0.05, 0) is 43.5 Å². The fourth-order valence-corrected chi connectivity index (χ4v) is 3.65. The Morgan fingerprint density at radius 3 is 2.70 bits per heavy atom. The summed E-state index contributed by atoms with van der Waals surface area (Å²) in [6, 6.07) is 5.86. The van der Waals surface area contributed by atoms with Gasteiger partial charge in [0.25, 0.3) is 0 Å². The molecular formula is C21H30N8O. The molecule has 0 atom stereocenters. The molecule has 1 aliphatic rings. The quantitative estimate of drug-likeness (QED) is 0.660. The van der Waals surface area contributed by atoms with Crippen LogP contribution in [0.5, 0.6) is 0 Å². The van der Waals surface area contributed by atoms with E-state index in [-0.39, 0.29) is 0 Å². The second kappa shape index (κ2) is 10.7. The molecule has 2 aromatic rings. The number of anilines is 1. The third-order valence-corrected chi connectivity index (χ3v) is 5.41. The minimum Gasteiger partial charge on any atom is -0.366 e. The average Bonchev–Trinajstić information content (AvgIpc) is 3.25. The first kappa shape index (κ1) is 21.7. The van der Waals surface area contributed by atoms with Crippen molar-refractivity contribution in [3.05, 3.63) is 41.4 Å². The molecule has 1 saturated heterocycles. The lowest BCUT2D eigenvalue weighted by Gasteiger charge is -2.38. The zero-order chi connectivity index (χ0) is 21.3. The molecule has 2 aromatic heterocycles. The van der Waals surface area contributed by atoms with E-state index in [1.54, 1.807) is 12.3 Å². The Labute approximate surface area is 177 Å². The van der Waals surface area contributed by atoms with E-state index in [0.29, 0.717) is 12.1 Å². The Morgan fingerprint density at radius 1 is 1.27 bits per heavy atom. The van der Waals surface area contributed by atoms with Crippen LogP contribution in [0.15, 0.2) is 29.0 Å². The van der Waals surface area contributed by atoms with Crippen molar-refractivity contribution >= 4 is 11.5 Å². The highest BCUT2D eigenvalue weighted by Gasteiger charge is 2.25. The maximum atomic E-state index is 9.39. The maximum absolute atomic E-state index is 9.39. The zero-order valence-corrected chi connectivity index (χ0v) is 18.0. The molecule has 0 aliphatic carbocycles. The first-order chi connectivity index (χ1) is 14.7. The molecular weight excluding hydrogens is 380 g/mol. The van der Waals surface area contributed by atoms with Gasteiger partial charge in [-0.2, -0.15) is 5.26 Å². The normalized spacial score (nSPS) is 15.0. The van der Waals surface area contributed by atoms with E-state index >= 15 is 0 Å². The Morgan fingerprint density at radius 2 is 2.03 bits per heavy atom. The lowest BCUT2D eigenvalue weighted by Crippen LogP contribution is -2.46. The summed E-state index contributed by atoms with van der Waals surface area (Å²) in [5, 5.41) is 20.8. The molecule has 1 N–H and O–H groups in total. The molecule has 0 saturated carbocycles. The highest BCUT2D eigenvalue weighted by Crippen LogP contribution is 2.25. The number of aromatic nitrogens is 3. The molecule has 0 bridgehead atoms. The summed E-state index contributed by atoms with van der Waals surface area (Å²) in [6.45, 7) is 10.9. The average molecular weight is 411 g/mol. The van der Waals surface area contributed by atoms with Gasteiger partial charge in [0.2, 0.25) is 0 Å². The van der Waals surface area contributed by atoms with Crippen LogP contribution in [0.1, 0.15) is 30.8 Å². The third kappa shape index (κ3) is 4.96. The van der Waals surface area contributed by atoms with Crippen LogP contribution in [-0.2, 0) is 6.54 Å². The fraction of sp³-hybridized carbons (Fsp3) is 0.524. The molecule has 0 spiro atoms. The molecule has 0 radical (unpaired) electrons. The molecule has 9 heteroatoms. The van der Waals surface area contributed by atoms with Gasteiger partial charge in [-0.15, -0.1) is 0 Å². The molecule has 0 aromatic carbocycles. The SMILES string of the molecule is CCN(CC)C/C=C(\c1nonc1CNC)N1CCN(c2ncccc2C#N)CC1. The van der Waals surface area contributed by atoms with Crippen molar-refractivity contribution in [2.24, 2.45) is 0 Å². The van der Waals surface area contributed by atoms with Gasteiger partial charge in [0.15, 0.2) is 5.69 Å². The number of hydrogen-bond donors (Lipinski definition) is 1. The standard InChI is InChI=1S/C21H30N8O/c1-4-27(5-2)10-8-19(20-18(16-23-3)25-30-26-20)28-11-13-29(14-12-28)21-17(15-22)7-6-9-24-21/h6-9,23H,4-5,10-14,16H2,1-3H3/b19-8+. The van der Waals surface area contributed by atoms with Crippen LogP contribution in [0.2, 0.25) is 0 Å². The van der Waals surface area contributed by atoms with Gasteiger partial charge >= 0.3 is 0 Å². The predicted octanol–water partition coefficient (Wildman–Crippen LogP) is 1.56. The van der Waals surface area contributed by atoms with E-state index in [2.05, 4.69) is 61.3 Å². The smallest absolute Gasteiger partial charge is 0.155 e. The van der Waals surface area contributed by atoms with Crippen LogP contribution in [0.3, 0.4) is 0 Å². The third-order valence-electron chi connectivity index (χ3n) is 5.41. The summed E-state index contributed by atoms with van der Waals surface area (Å²) in [5.41, 5.74) is 3.26. The van der Waals surface area contributed by atoms with Crippen molar-refractivity contribution in [2.45, 2.75) is 20.4 Å². The Hall–Kier alpha value is -2.96. The van der Waals surface area contributed by atoms with Crippen molar-refractivity contribution in [3.8, 4) is 6.07 Å². The van der Waals surface area contributed by atoms with Gasteiger partial charge in [0.1, 0.15) is 17.6 Å². The van der Waals surface area contributed by atoms with E-state index in [1.165, 1.54) is 0 Å². The summed E-state index contributed by atoms with van der Waals surface area (Å²) >= 11 is 0. The number of piperazine rings is 1. The van der Waals surface area contributed by atoms with Gasteiger partial charge in [0.05, 0.1) is 11.3 Å². The highest BCUT2D eigenvalue weighted by atomic mass is 16.6. The molecule has 1 fully saturated rings. The van der Waals surface area contributed by atoms with E-state index in [4.69, 9.17) is 4.63 Å². The predicted molar refractivity (Wildman–Crippen MR) is 116 cm³/mol. The van der Waals surface area contributed by atoms with Crippen LogP contribution in [0, 0.1) is 11.3 Å². The molecule has 0 unspecified atom stereocenters. The van der Waals surface area contributed by atoms with E-state index < -0.39 is 0 Å². The fourth-order valence-electron chi connectivity index (χ4n) is 3.65. The van der Waals surface area contributed by atoms with Crippen molar-refractivity contribution in [2.75, 3.05) is 57.8 Å². The summed E-state index contributed by atoms with van der Waals surface area (Å²) in [5.74, 6) is 0.757. The maximum Gasteiger partial charge on any atom is 0.155 e. The molecule has 9 nitrogen and oxygen atoms in total.